The maximum Gasteiger partial charge on any atom is 0.407 e. The molecule has 0 unspecified atom stereocenters. The number of hydrogen-bond acceptors (Lipinski definition) is 7. The van der Waals surface area contributed by atoms with Gasteiger partial charge in [0.15, 0.2) is 0 Å². The van der Waals surface area contributed by atoms with Gasteiger partial charge >= 0.3 is 6.09 Å². The number of carbonyl (C=O) groups is 4. The summed E-state index contributed by atoms with van der Waals surface area (Å²) < 4.78 is 10.9. The number of alkyl carbamates (subject to hydrolysis) is 1. The number of morpholine rings is 1. The van der Waals surface area contributed by atoms with Gasteiger partial charge in [-0.25, -0.2) is 4.79 Å². The number of aliphatic hydroxyl groups excluding tert-OH is 1. The first-order valence-corrected chi connectivity index (χ1v) is 18.3. The molecule has 5 atom stereocenters. The summed E-state index contributed by atoms with van der Waals surface area (Å²) in [5, 5.41) is 20.4. The molecule has 1 saturated carbocycles. The molecule has 1 aliphatic heterocycles. The number of aliphatic hydroxyl groups is 1. The van der Waals surface area contributed by atoms with Gasteiger partial charge in [-0.1, -0.05) is 90.1 Å². The molecule has 0 aromatic heterocycles. The fraction of sp³-hybridized carbons (Fsp3) is 0.737. The Morgan fingerprint density at radius 1 is 0.898 bits per heavy atom. The lowest BCUT2D eigenvalue weighted by Crippen LogP contribution is -2.58. The van der Waals surface area contributed by atoms with Gasteiger partial charge in [0, 0.05) is 25.4 Å². The predicted molar refractivity (Wildman–Crippen MR) is 190 cm³/mol. The normalized spacial score (nSPS) is 19.0. The SMILES string of the molecule is CC(C)[C@H](C[C@H](O)[C@H](CC1CCCCC1)NC(=O)OC(C)(C)C)C(=O)N[C@H](C(=O)N[C@@H](Cc1ccccc1)C(=O)N1CCOCC1)C(C)C. The first kappa shape index (κ1) is 40.3. The predicted octanol–water partition coefficient (Wildman–Crippen LogP) is 4.60. The fourth-order valence-corrected chi connectivity index (χ4v) is 6.77. The molecule has 11 nitrogen and oxygen atoms in total. The Hall–Kier alpha value is -3.18. The van der Waals surface area contributed by atoms with Crippen molar-refractivity contribution < 1.29 is 33.8 Å². The maximum atomic E-state index is 13.9. The van der Waals surface area contributed by atoms with Crippen molar-refractivity contribution in [3.05, 3.63) is 35.9 Å². The molecule has 4 amide bonds. The third-order valence-electron chi connectivity index (χ3n) is 9.58. The van der Waals surface area contributed by atoms with Crippen molar-refractivity contribution in [2.75, 3.05) is 26.3 Å². The van der Waals surface area contributed by atoms with Gasteiger partial charge in [0.2, 0.25) is 17.7 Å². The number of rotatable bonds is 15. The second-order valence-electron chi connectivity index (χ2n) is 15.6. The van der Waals surface area contributed by atoms with Crippen LogP contribution in [0, 0.1) is 23.7 Å². The standard InChI is InChI=1S/C38H62N4O7/c1-25(2)29(24-32(43)30(22-27-14-10-8-11-15-27)40-37(47)49-38(5,6)7)34(44)41-33(26(3)4)35(45)39-31(23-28-16-12-9-13-17-28)36(46)42-18-20-48-21-19-42/h9,12-13,16-17,25-27,29-33,43H,8,10-11,14-15,18-24H2,1-7H3,(H,39,45)(H,40,47)(H,41,44)/t29-,30-,31-,32-,33-/m0/s1. The Morgan fingerprint density at radius 2 is 1.53 bits per heavy atom. The van der Waals surface area contributed by atoms with E-state index in [1.165, 1.54) is 6.42 Å². The van der Waals surface area contributed by atoms with E-state index in [9.17, 15) is 24.3 Å². The van der Waals surface area contributed by atoms with Crippen LogP contribution in [0.3, 0.4) is 0 Å². The number of nitrogens with zero attached hydrogens (tertiary/aromatic N) is 1. The third-order valence-corrected chi connectivity index (χ3v) is 9.58. The van der Waals surface area contributed by atoms with Crippen LogP contribution in [-0.2, 0) is 30.3 Å². The molecule has 0 radical (unpaired) electrons. The number of carbonyl (C=O) groups excluding carboxylic acids is 4. The monoisotopic (exact) mass is 686 g/mol. The highest BCUT2D eigenvalue weighted by molar-refractivity contribution is 5.93. The topological polar surface area (TPSA) is 146 Å². The molecule has 1 aromatic rings. The number of ether oxygens (including phenoxy) is 2. The van der Waals surface area contributed by atoms with Gasteiger partial charge in [-0.15, -0.1) is 0 Å². The number of hydrogen-bond donors (Lipinski definition) is 4. The molecule has 11 heteroatoms. The van der Waals surface area contributed by atoms with Crippen LogP contribution in [0.5, 0.6) is 0 Å². The summed E-state index contributed by atoms with van der Waals surface area (Å²) in [6.45, 7) is 14.7. The van der Waals surface area contributed by atoms with E-state index in [4.69, 9.17) is 9.47 Å². The van der Waals surface area contributed by atoms with Gasteiger partial charge in [-0.3, -0.25) is 14.4 Å². The highest BCUT2D eigenvalue weighted by atomic mass is 16.6. The summed E-state index contributed by atoms with van der Waals surface area (Å²) in [6, 6.07) is 7.24. The maximum absolute atomic E-state index is 13.9. The zero-order valence-electron chi connectivity index (χ0n) is 30.8. The molecule has 49 heavy (non-hydrogen) atoms. The Bertz CT molecular complexity index is 1190. The van der Waals surface area contributed by atoms with Gasteiger partial charge in [-0.2, -0.15) is 0 Å². The van der Waals surface area contributed by atoms with E-state index in [0.29, 0.717) is 45.1 Å². The van der Waals surface area contributed by atoms with Crippen LogP contribution in [0.15, 0.2) is 30.3 Å². The Balaban J connectivity index is 1.74. The quantitative estimate of drug-likeness (QED) is 0.211. The molecule has 0 bridgehead atoms. The summed E-state index contributed by atoms with van der Waals surface area (Å²) in [6.07, 6.45) is 4.95. The molecule has 2 fully saturated rings. The first-order valence-electron chi connectivity index (χ1n) is 18.3. The summed E-state index contributed by atoms with van der Waals surface area (Å²) >= 11 is 0. The van der Waals surface area contributed by atoms with E-state index in [0.717, 1.165) is 31.2 Å². The molecule has 4 N–H and O–H groups in total. The average Bonchev–Trinajstić information content (AvgIpc) is 3.05. The number of amides is 4. The van der Waals surface area contributed by atoms with Crippen LogP contribution in [0.25, 0.3) is 0 Å². The molecule has 2 aliphatic rings. The lowest BCUT2D eigenvalue weighted by atomic mass is 9.81. The largest absolute Gasteiger partial charge is 0.444 e. The Labute approximate surface area is 293 Å². The lowest BCUT2D eigenvalue weighted by molar-refractivity contribution is -0.141. The second-order valence-corrected chi connectivity index (χ2v) is 15.6. The van der Waals surface area contributed by atoms with Crippen molar-refractivity contribution in [1.82, 2.24) is 20.9 Å². The summed E-state index contributed by atoms with van der Waals surface area (Å²) in [5.41, 5.74) is 0.223. The van der Waals surface area contributed by atoms with E-state index >= 15 is 0 Å². The number of benzene rings is 1. The zero-order valence-corrected chi connectivity index (χ0v) is 30.8. The molecule has 276 valence electrons. The molecule has 1 aromatic carbocycles. The van der Waals surface area contributed by atoms with Crippen LogP contribution in [0.1, 0.15) is 99.0 Å². The molecule has 3 rings (SSSR count). The summed E-state index contributed by atoms with van der Waals surface area (Å²) in [7, 11) is 0. The van der Waals surface area contributed by atoms with E-state index in [2.05, 4.69) is 16.0 Å². The Kier molecular flexibility index (Phi) is 15.8. The van der Waals surface area contributed by atoms with E-state index in [1.807, 2.05) is 58.0 Å². The van der Waals surface area contributed by atoms with Crippen molar-refractivity contribution in [2.24, 2.45) is 23.7 Å². The number of nitrogens with one attached hydrogen (secondary N) is 3. The second kappa shape index (κ2) is 19.3. The minimum Gasteiger partial charge on any atom is -0.444 e. The third kappa shape index (κ3) is 13.6. The molecule has 1 saturated heterocycles. The zero-order chi connectivity index (χ0) is 36.1. The van der Waals surface area contributed by atoms with E-state index in [1.54, 1.807) is 25.7 Å². The summed E-state index contributed by atoms with van der Waals surface area (Å²) in [4.78, 5) is 55.9. The van der Waals surface area contributed by atoms with Crippen molar-refractivity contribution in [3.63, 3.8) is 0 Å². The van der Waals surface area contributed by atoms with Gasteiger partial charge in [0.1, 0.15) is 17.7 Å². The van der Waals surface area contributed by atoms with Crippen LogP contribution < -0.4 is 16.0 Å². The molecule has 1 aliphatic carbocycles. The van der Waals surface area contributed by atoms with Crippen LogP contribution in [-0.4, -0.2) is 90.0 Å². The Morgan fingerprint density at radius 3 is 2.10 bits per heavy atom. The van der Waals surface area contributed by atoms with E-state index < -0.39 is 47.7 Å². The van der Waals surface area contributed by atoms with Crippen molar-refractivity contribution in [3.8, 4) is 0 Å². The smallest absolute Gasteiger partial charge is 0.407 e. The van der Waals surface area contributed by atoms with Gasteiger partial charge in [0.25, 0.3) is 0 Å². The van der Waals surface area contributed by atoms with E-state index in [-0.39, 0.29) is 30.1 Å². The highest BCUT2D eigenvalue weighted by Gasteiger charge is 2.36. The van der Waals surface area contributed by atoms with Gasteiger partial charge in [-0.05, 0) is 56.9 Å². The molecule has 0 spiro atoms. The van der Waals surface area contributed by atoms with Crippen LogP contribution in [0.2, 0.25) is 0 Å². The summed E-state index contributed by atoms with van der Waals surface area (Å²) in [5.74, 6) is -1.66. The van der Waals surface area contributed by atoms with Gasteiger partial charge in [0.05, 0.1) is 25.4 Å². The minimum absolute atomic E-state index is 0.106. The molecular formula is C38H62N4O7. The average molecular weight is 687 g/mol. The van der Waals surface area contributed by atoms with Crippen molar-refractivity contribution >= 4 is 23.8 Å². The molecular weight excluding hydrogens is 624 g/mol. The van der Waals surface area contributed by atoms with Crippen molar-refractivity contribution in [1.29, 1.82) is 0 Å². The highest BCUT2D eigenvalue weighted by Crippen LogP contribution is 2.30. The van der Waals surface area contributed by atoms with Crippen LogP contribution in [0.4, 0.5) is 4.79 Å². The molecule has 1 heterocycles. The van der Waals surface area contributed by atoms with Crippen LogP contribution >= 0.6 is 0 Å². The minimum atomic E-state index is -1.000. The van der Waals surface area contributed by atoms with Crippen molar-refractivity contribution in [2.45, 2.75) is 130 Å². The first-order chi connectivity index (χ1) is 23.1. The fourth-order valence-electron chi connectivity index (χ4n) is 6.77. The lowest BCUT2D eigenvalue weighted by Gasteiger charge is -2.34. The van der Waals surface area contributed by atoms with Gasteiger partial charge < -0.3 is 35.4 Å².